The monoisotopic (exact) mass is 310 g/mol. The maximum absolute atomic E-state index is 5.13. The van der Waals surface area contributed by atoms with E-state index in [-0.39, 0.29) is 0 Å². The van der Waals surface area contributed by atoms with E-state index in [4.69, 9.17) is 4.74 Å². The number of benzene rings is 1. The third-order valence-electron chi connectivity index (χ3n) is 2.52. The summed E-state index contributed by atoms with van der Waals surface area (Å²) in [4.78, 5) is 6.24. The van der Waals surface area contributed by atoms with Gasteiger partial charge in [-0.25, -0.2) is 4.68 Å². The van der Waals surface area contributed by atoms with E-state index in [0.717, 1.165) is 17.3 Å². The van der Waals surface area contributed by atoms with Crippen LogP contribution in [0, 0.1) is 0 Å². The first kappa shape index (κ1) is 12.9. The SMILES string of the molecule is COc1ccc(Cn2nc(Br)nc2N(C)C)cc1. The average molecular weight is 311 g/mol. The molecule has 0 aliphatic rings. The molecule has 2 rings (SSSR count). The van der Waals surface area contributed by atoms with Crippen molar-refractivity contribution < 1.29 is 4.74 Å². The van der Waals surface area contributed by atoms with Crippen LogP contribution in [0.5, 0.6) is 5.75 Å². The van der Waals surface area contributed by atoms with Gasteiger partial charge in [-0.1, -0.05) is 12.1 Å². The lowest BCUT2D eigenvalue weighted by Crippen LogP contribution is -2.16. The van der Waals surface area contributed by atoms with Crippen molar-refractivity contribution in [2.75, 3.05) is 26.1 Å². The van der Waals surface area contributed by atoms with E-state index in [0.29, 0.717) is 11.3 Å². The Morgan fingerprint density at radius 1 is 1.28 bits per heavy atom. The van der Waals surface area contributed by atoms with E-state index in [1.165, 1.54) is 0 Å². The Labute approximate surface area is 115 Å². The van der Waals surface area contributed by atoms with Gasteiger partial charge in [0.05, 0.1) is 13.7 Å². The summed E-state index contributed by atoms with van der Waals surface area (Å²) in [5.41, 5.74) is 1.15. The van der Waals surface area contributed by atoms with Crippen molar-refractivity contribution in [3.05, 3.63) is 34.6 Å². The van der Waals surface area contributed by atoms with E-state index in [2.05, 4.69) is 26.0 Å². The molecular formula is C12H15BrN4O. The van der Waals surface area contributed by atoms with Crippen molar-refractivity contribution in [2.45, 2.75) is 6.54 Å². The van der Waals surface area contributed by atoms with Crippen LogP contribution < -0.4 is 9.64 Å². The molecule has 0 spiro atoms. The Morgan fingerprint density at radius 3 is 2.50 bits per heavy atom. The summed E-state index contributed by atoms with van der Waals surface area (Å²) < 4.78 is 7.58. The molecule has 0 amide bonds. The van der Waals surface area contributed by atoms with Crippen LogP contribution in [-0.2, 0) is 6.54 Å². The molecule has 2 aromatic rings. The molecule has 1 heterocycles. The van der Waals surface area contributed by atoms with E-state index >= 15 is 0 Å². The van der Waals surface area contributed by atoms with Gasteiger partial charge in [0.2, 0.25) is 10.7 Å². The number of hydrogen-bond acceptors (Lipinski definition) is 4. The second-order valence-electron chi connectivity index (χ2n) is 4.08. The third-order valence-corrected chi connectivity index (χ3v) is 2.85. The van der Waals surface area contributed by atoms with Gasteiger partial charge in [0.15, 0.2) is 0 Å². The van der Waals surface area contributed by atoms with Gasteiger partial charge in [-0.2, -0.15) is 4.98 Å². The summed E-state index contributed by atoms with van der Waals surface area (Å²) in [6.07, 6.45) is 0. The maximum Gasteiger partial charge on any atom is 0.224 e. The van der Waals surface area contributed by atoms with Crippen LogP contribution in [0.1, 0.15) is 5.56 Å². The second kappa shape index (κ2) is 5.39. The van der Waals surface area contributed by atoms with Crippen LogP contribution in [0.15, 0.2) is 29.0 Å². The minimum atomic E-state index is 0.597. The normalized spacial score (nSPS) is 10.4. The van der Waals surface area contributed by atoms with Crippen molar-refractivity contribution >= 4 is 21.9 Å². The van der Waals surface area contributed by atoms with Crippen molar-refractivity contribution in [1.82, 2.24) is 14.8 Å². The van der Waals surface area contributed by atoms with Crippen LogP contribution in [0.4, 0.5) is 5.95 Å². The number of halogens is 1. The van der Waals surface area contributed by atoms with E-state index < -0.39 is 0 Å². The van der Waals surface area contributed by atoms with Gasteiger partial charge in [0, 0.05) is 14.1 Å². The molecule has 0 aliphatic heterocycles. The quantitative estimate of drug-likeness (QED) is 0.868. The second-order valence-corrected chi connectivity index (χ2v) is 4.79. The lowest BCUT2D eigenvalue weighted by Gasteiger charge is -2.12. The van der Waals surface area contributed by atoms with Gasteiger partial charge < -0.3 is 9.64 Å². The maximum atomic E-state index is 5.13. The number of methoxy groups -OCH3 is 1. The fourth-order valence-corrected chi connectivity index (χ4v) is 2.00. The Morgan fingerprint density at radius 2 is 1.94 bits per heavy atom. The first-order valence-corrected chi connectivity index (χ1v) is 6.30. The number of hydrogen-bond donors (Lipinski definition) is 0. The Hall–Kier alpha value is -1.56. The molecule has 5 nitrogen and oxygen atoms in total. The summed E-state index contributed by atoms with van der Waals surface area (Å²) in [6, 6.07) is 7.93. The lowest BCUT2D eigenvalue weighted by atomic mass is 10.2. The number of rotatable bonds is 4. The molecule has 6 heteroatoms. The summed E-state index contributed by atoms with van der Waals surface area (Å²) in [6.45, 7) is 0.677. The summed E-state index contributed by atoms with van der Waals surface area (Å²) in [7, 11) is 5.55. The highest BCUT2D eigenvalue weighted by atomic mass is 79.9. The van der Waals surface area contributed by atoms with Crippen molar-refractivity contribution in [3.8, 4) is 5.75 Å². The smallest absolute Gasteiger partial charge is 0.224 e. The molecule has 0 saturated carbocycles. The summed E-state index contributed by atoms with van der Waals surface area (Å²) in [5.74, 6) is 1.67. The van der Waals surface area contributed by atoms with E-state index in [1.807, 2.05) is 47.9 Å². The van der Waals surface area contributed by atoms with Crippen molar-refractivity contribution in [1.29, 1.82) is 0 Å². The standard InChI is InChI=1S/C12H15BrN4O/c1-16(2)12-14-11(13)15-17(12)8-9-4-6-10(18-3)7-5-9/h4-7H,8H2,1-3H3. The van der Waals surface area contributed by atoms with Gasteiger partial charge in [0.25, 0.3) is 0 Å². The molecule has 18 heavy (non-hydrogen) atoms. The molecule has 0 radical (unpaired) electrons. The molecule has 1 aromatic heterocycles. The van der Waals surface area contributed by atoms with Crippen LogP contribution in [0.3, 0.4) is 0 Å². The zero-order valence-electron chi connectivity index (χ0n) is 10.6. The Kier molecular flexibility index (Phi) is 3.86. The van der Waals surface area contributed by atoms with E-state index in [9.17, 15) is 0 Å². The minimum Gasteiger partial charge on any atom is -0.497 e. The zero-order valence-corrected chi connectivity index (χ0v) is 12.2. The lowest BCUT2D eigenvalue weighted by molar-refractivity contribution is 0.414. The zero-order chi connectivity index (χ0) is 13.1. The minimum absolute atomic E-state index is 0.597. The average Bonchev–Trinajstić information content (AvgIpc) is 2.71. The molecule has 1 aromatic carbocycles. The van der Waals surface area contributed by atoms with Gasteiger partial charge in [-0.05, 0) is 33.6 Å². The number of ether oxygens (including phenoxy) is 1. The van der Waals surface area contributed by atoms with Crippen molar-refractivity contribution in [3.63, 3.8) is 0 Å². The molecule has 0 fully saturated rings. The summed E-state index contributed by atoms with van der Waals surface area (Å²) >= 11 is 3.30. The van der Waals surface area contributed by atoms with Crippen LogP contribution >= 0.6 is 15.9 Å². The number of anilines is 1. The molecule has 96 valence electrons. The van der Waals surface area contributed by atoms with Crippen LogP contribution in [-0.4, -0.2) is 36.0 Å². The van der Waals surface area contributed by atoms with Crippen molar-refractivity contribution in [2.24, 2.45) is 0 Å². The van der Waals surface area contributed by atoms with Gasteiger partial charge in [-0.3, -0.25) is 0 Å². The largest absolute Gasteiger partial charge is 0.497 e. The van der Waals surface area contributed by atoms with Crippen LogP contribution in [0.2, 0.25) is 0 Å². The molecule has 0 bridgehead atoms. The predicted molar refractivity (Wildman–Crippen MR) is 74.1 cm³/mol. The fraction of sp³-hybridized carbons (Fsp3) is 0.333. The molecular weight excluding hydrogens is 296 g/mol. The summed E-state index contributed by atoms with van der Waals surface area (Å²) in [5, 5.41) is 4.32. The first-order valence-electron chi connectivity index (χ1n) is 5.50. The molecule has 0 unspecified atom stereocenters. The Balaban J connectivity index is 2.22. The predicted octanol–water partition coefficient (Wildman–Crippen LogP) is 2.16. The highest BCUT2D eigenvalue weighted by Gasteiger charge is 2.10. The number of aromatic nitrogens is 3. The van der Waals surface area contributed by atoms with Gasteiger partial charge >= 0.3 is 0 Å². The first-order chi connectivity index (χ1) is 8.60. The van der Waals surface area contributed by atoms with Crippen LogP contribution in [0.25, 0.3) is 0 Å². The van der Waals surface area contributed by atoms with Gasteiger partial charge in [-0.15, -0.1) is 5.10 Å². The molecule has 0 saturated heterocycles. The fourth-order valence-electron chi connectivity index (χ4n) is 1.65. The van der Waals surface area contributed by atoms with Gasteiger partial charge in [0.1, 0.15) is 5.75 Å². The number of nitrogens with zero attached hydrogens (tertiary/aromatic N) is 4. The highest BCUT2D eigenvalue weighted by molar-refractivity contribution is 9.10. The molecule has 0 aliphatic carbocycles. The molecule has 0 atom stereocenters. The molecule has 0 N–H and O–H groups in total. The van der Waals surface area contributed by atoms with E-state index in [1.54, 1.807) is 7.11 Å². The topological polar surface area (TPSA) is 43.2 Å². The Bertz CT molecular complexity index is 521. The third kappa shape index (κ3) is 2.81. The highest BCUT2D eigenvalue weighted by Crippen LogP contribution is 2.16.